The molecule has 0 atom stereocenters. The van der Waals surface area contributed by atoms with E-state index in [4.69, 9.17) is 21.1 Å². The normalized spacial score (nSPS) is 10.1. The standard InChI is InChI=1S/C16H12BrClO4/c17-13-7-3-1-5-11(13)9-21-15(19)16(20)22-10-12-6-2-4-8-14(12)18/h1-8H,9-10H2. The lowest BCUT2D eigenvalue weighted by Crippen LogP contribution is -2.20. The van der Waals surface area contributed by atoms with E-state index in [1.807, 2.05) is 18.2 Å². The van der Waals surface area contributed by atoms with Crippen LogP contribution in [0.1, 0.15) is 11.1 Å². The molecule has 2 rings (SSSR count). The van der Waals surface area contributed by atoms with E-state index in [2.05, 4.69) is 15.9 Å². The minimum absolute atomic E-state index is 0.0125. The van der Waals surface area contributed by atoms with Gasteiger partial charge in [-0.2, -0.15) is 0 Å². The van der Waals surface area contributed by atoms with Gasteiger partial charge in [-0.15, -0.1) is 0 Å². The maximum absolute atomic E-state index is 11.6. The minimum atomic E-state index is -1.05. The number of benzene rings is 2. The van der Waals surface area contributed by atoms with Gasteiger partial charge in [-0.25, -0.2) is 9.59 Å². The van der Waals surface area contributed by atoms with Gasteiger partial charge in [-0.05, 0) is 12.1 Å². The summed E-state index contributed by atoms with van der Waals surface area (Å²) in [5, 5.41) is 0.469. The average Bonchev–Trinajstić information content (AvgIpc) is 2.52. The molecule has 114 valence electrons. The number of carbonyl (C=O) groups is 2. The summed E-state index contributed by atoms with van der Waals surface area (Å²) >= 11 is 9.26. The van der Waals surface area contributed by atoms with Crippen LogP contribution < -0.4 is 0 Å². The monoisotopic (exact) mass is 382 g/mol. The molecule has 2 aromatic rings. The largest absolute Gasteiger partial charge is 0.452 e. The molecule has 0 saturated carbocycles. The summed E-state index contributed by atoms with van der Waals surface area (Å²) in [6.45, 7) is -0.0932. The molecule has 0 saturated heterocycles. The van der Waals surface area contributed by atoms with E-state index in [0.717, 1.165) is 10.0 Å². The predicted octanol–water partition coefficient (Wildman–Crippen LogP) is 3.89. The highest BCUT2D eigenvalue weighted by Crippen LogP contribution is 2.17. The summed E-state index contributed by atoms with van der Waals surface area (Å²) in [5.41, 5.74) is 1.38. The molecule has 6 heteroatoms. The van der Waals surface area contributed by atoms with Gasteiger partial charge in [-0.3, -0.25) is 0 Å². The van der Waals surface area contributed by atoms with E-state index < -0.39 is 11.9 Å². The maximum Gasteiger partial charge on any atom is 0.417 e. The van der Waals surface area contributed by atoms with Gasteiger partial charge in [0.2, 0.25) is 0 Å². The van der Waals surface area contributed by atoms with Gasteiger partial charge in [0.05, 0.1) is 0 Å². The quantitative estimate of drug-likeness (QED) is 0.594. The molecule has 4 nitrogen and oxygen atoms in total. The van der Waals surface area contributed by atoms with Crippen LogP contribution >= 0.6 is 27.5 Å². The minimum Gasteiger partial charge on any atom is -0.452 e. The van der Waals surface area contributed by atoms with Crippen LogP contribution in [0.15, 0.2) is 53.0 Å². The molecule has 22 heavy (non-hydrogen) atoms. The van der Waals surface area contributed by atoms with Crippen LogP contribution in [0.2, 0.25) is 5.02 Å². The van der Waals surface area contributed by atoms with Crippen molar-refractivity contribution < 1.29 is 19.1 Å². The number of carbonyl (C=O) groups excluding carboxylic acids is 2. The Bertz CT molecular complexity index is 628. The van der Waals surface area contributed by atoms with Crippen molar-refractivity contribution in [3.05, 3.63) is 69.2 Å². The van der Waals surface area contributed by atoms with Crippen LogP contribution in [-0.2, 0) is 32.3 Å². The summed E-state index contributed by atoms with van der Waals surface area (Å²) < 4.78 is 10.6. The van der Waals surface area contributed by atoms with E-state index >= 15 is 0 Å². The van der Waals surface area contributed by atoms with Crippen LogP contribution in [0, 0.1) is 0 Å². The van der Waals surface area contributed by atoms with Gasteiger partial charge in [0, 0.05) is 20.6 Å². The molecule has 0 radical (unpaired) electrons. The highest BCUT2D eigenvalue weighted by atomic mass is 79.9. The van der Waals surface area contributed by atoms with E-state index in [9.17, 15) is 9.59 Å². The summed E-state index contributed by atoms with van der Waals surface area (Å²) in [5.74, 6) is -2.09. The zero-order chi connectivity index (χ0) is 15.9. The molecule has 0 N–H and O–H groups in total. The second kappa shape index (κ2) is 7.96. The Morgan fingerprint density at radius 1 is 0.864 bits per heavy atom. The third kappa shape index (κ3) is 4.58. The van der Waals surface area contributed by atoms with Crippen molar-refractivity contribution in [3.8, 4) is 0 Å². The number of ether oxygens (including phenoxy) is 2. The lowest BCUT2D eigenvalue weighted by atomic mass is 10.2. The number of hydrogen-bond acceptors (Lipinski definition) is 4. The highest BCUT2D eigenvalue weighted by Gasteiger charge is 2.18. The van der Waals surface area contributed by atoms with E-state index in [-0.39, 0.29) is 13.2 Å². The van der Waals surface area contributed by atoms with Gasteiger partial charge in [0.25, 0.3) is 0 Å². The van der Waals surface area contributed by atoms with Gasteiger partial charge in [0.1, 0.15) is 13.2 Å². The Morgan fingerprint density at radius 3 is 1.95 bits per heavy atom. The number of halogens is 2. The summed E-state index contributed by atoms with van der Waals surface area (Å²) in [6, 6.07) is 14.2. The Kier molecular flexibility index (Phi) is 5.98. The van der Waals surface area contributed by atoms with Crippen LogP contribution in [0.4, 0.5) is 0 Å². The Labute approximate surface area is 141 Å². The van der Waals surface area contributed by atoms with Crippen molar-refractivity contribution >= 4 is 39.5 Å². The molecule has 0 aromatic heterocycles. The first-order valence-corrected chi connectivity index (χ1v) is 7.55. The molecule has 0 fully saturated rings. The van der Waals surface area contributed by atoms with Gasteiger partial charge < -0.3 is 9.47 Å². The lowest BCUT2D eigenvalue weighted by Gasteiger charge is -2.07. The Morgan fingerprint density at radius 2 is 1.36 bits per heavy atom. The predicted molar refractivity (Wildman–Crippen MR) is 85.2 cm³/mol. The van der Waals surface area contributed by atoms with Crippen molar-refractivity contribution in [1.82, 2.24) is 0 Å². The third-order valence-corrected chi connectivity index (χ3v) is 3.94. The van der Waals surface area contributed by atoms with Gasteiger partial charge >= 0.3 is 11.9 Å². The molecular formula is C16H12BrClO4. The van der Waals surface area contributed by atoms with Gasteiger partial charge in [0.15, 0.2) is 0 Å². The van der Waals surface area contributed by atoms with Crippen LogP contribution in [0.5, 0.6) is 0 Å². The van der Waals surface area contributed by atoms with E-state index in [1.54, 1.807) is 30.3 Å². The topological polar surface area (TPSA) is 52.6 Å². The van der Waals surface area contributed by atoms with E-state index in [1.165, 1.54) is 0 Å². The molecule has 0 amide bonds. The lowest BCUT2D eigenvalue weighted by molar-refractivity contribution is -0.169. The number of hydrogen-bond donors (Lipinski definition) is 0. The SMILES string of the molecule is O=C(OCc1ccccc1Cl)C(=O)OCc1ccccc1Br. The molecule has 0 spiro atoms. The Hall–Kier alpha value is -1.85. The third-order valence-electron chi connectivity index (χ3n) is 2.80. The highest BCUT2D eigenvalue weighted by molar-refractivity contribution is 9.10. The molecule has 2 aromatic carbocycles. The first kappa shape index (κ1) is 16.5. The summed E-state index contributed by atoms with van der Waals surface area (Å²) in [7, 11) is 0. The van der Waals surface area contributed by atoms with Crippen LogP contribution in [0.25, 0.3) is 0 Å². The molecule has 0 aliphatic rings. The smallest absolute Gasteiger partial charge is 0.417 e. The fourth-order valence-corrected chi connectivity index (χ4v) is 2.22. The zero-order valence-corrected chi connectivity index (χ0v) is 13.8. The molecular weight excluding hydrogens is 372 g/mol. The molecule has 0 aliphatic heterocycles. The van der Waals surface area contributed by atoms with Crippen molar-refractivity contribution in [2.75, 3.05) is 0 Å². The zero-order valence-electron chi connectivity index (χ0n) is 11.4. The summed E-state index contributed by atoms with van der Waals surface area (Å²) in [6.07, 6.45) is 0. The fourth-order valence-electron chi connectivity index (χ4n) is 1.64. The van der Waals surface area contributed by atoms with Crippen molar-refractivity contribution in [1.29, 1.82) is 0 Å². The maximum atomic E-state index is 11.6. The van der Waals surface area contributed by atoms with Crippen molar-refractivity contribution in [2.24, 2.45) is 0 Å². The molecule has 0 heterocycles. The molecule has 0 unspecified atom stereocenters. The number of rotatable bonds is 4. The first-order chi connectivity index (χ1) is 10.6. The van der Waals surface area contributed by atoms with Crippen LogP contribution in [0.3, 0.4) is 0 Å². The fraction of sp³-hybridized carbons (Fsp3) is 0.125. The number of esters is 2. The second-order valence-corrected chi connectivity index (χ2v) is 5.60. The Balaban J connectivity index is 1.84. The van der Waals surface area contributed by atoms with Crippen molar-refractivity contribution in [3.63, 3.8) is 0 Å². The van der Waals surface area contributed by atoms with Crippen LogP contribution in [-0.4, -0.2) is 11.9 Å². The van der Waals surface area contributed by atoms with Gasteiger partial charge in [-0.1, -0.05) is 63.9 Å². The second-order valence-electron chi connectivity index (χ2n) is 4.34. The van der Waals surface area contributed by atoms with E-state index in [0.29, 0.717) is 10.6 Å². The molecule has 0 aliphatic carbocycles. The molecule has 0 bridgehead atoms. The first-order valence-electron chi connectivity index (χ1n) is 6.38. The van der Waals surface area contributed by atoms with Crippen molar-refractivity contribution in [2.45, 2.75) is 13.2 Å². The summed E-state index contributed by atoms with van der Waals surface area (Å²) in [4.78, 5) is 23.2. The average molecular weight is 384 g/mol.